The molecule has 3 aliphatic rings. The molecule has 0 amide bonds. The number of aliphatic hydroxyl groups excluding tert-OH is 1. The van der Waals surface area contributed by atoms with E-state index in [1.165, 1.54) is 56.9 Å². The zero-order valence-electron chi connectivity index (χ0n) is 19.0. The van der Waals surface area contributed by atoms with Crippen LogP contribution < -0.4 is 0 Å². The van der Waals surface area contributed by atoms with E-state index >= 15 is 0 Å². The molecule has 0 heterocycles. The highest BCUT2D eigenvalue weighted by molar-refractivity contribution is 5.37. The van der Waals surface area contributed by atoms with Crippen LogP contribution in [-0.2, 0) is 0 Å². The lowest BCUT2D eigenvalue weighted by Gasteiger charge is -2.44. The molecule has 0 saturated heterocycles. The number of hydrogen-bond acceptors (Lipinski definition) is 1. The van der Waals surface area contributed by atoms with Gasteiger partial charge in [-0.15, -0.1) is 0 Å². The van der Waals surface area contributed by atoms with E-state index in [0.717, 1.165) is 48.5 Å². The van der Waals surface area contributed by atoms with Crippen molar-refractivity contribution >= 4 is 0 Å². The van der Waals surface area contributed by atoms with Gasteiger partial charge in [-0.3, -0.25) is 0 Å². The Morgan fingerprint density at radius 3 is 2.61 bits per heavy atom. The molecule has 0 unspecified atom stereocenters. The molecule has 1 nitrogen and oxygen atoms in total. The van der Waals surface area contributed by atoms with E-state index in [1.54, 1.807) is 5.57 Å². The summed E-state index contributed by atoms with van der Waals surface area (Å²) in [5.74, 6) is 3.37. The average molecular weight is 385 g/mol. The van der Waals surface area contributed by atoms with Crippen LogP contribution in [0.25, 0.3) is 0 Å². The summed E-state index contributed by atoms with van der Waals surface area (Å²) in [7, 11) is 0. The van der Waals surface area contributed by atoms with Gasteiger partial charge in [-0.25, -0.2) is 0 Å². The topological polar surface area (TPSA) is 20.2 Å². The molecule has 0 aromatic rings. The van der Waals surface area contributed by atoms with Crippen LogP contribution in [0.2, 0.25) is 0 Å². The van der Waals surface area contributed by atoms with Crippen molar-refractivity contribution in [2.75, 3.05) is 0 Å². The van der Waals surface area contributed by atoms with E-state index in [0.29, 0.717) is 5.41 Å². The van der Waals surface area contributed by atoms with Crippen LogP contribution in [-0.4, -0.2) is 11.2 Å². The van der Waals surface area contributed by atoms with Gasteiger partial charge in [0.05, 0.1) is 6.10 Å². The van der Waals surface area contributed by atoms with Gasteiger partial charge in [0.1, 0.15) is 0 Å². The average Bonchev–Trinajstić information content (AvgIpc) is 3.00. The second-order valence-electron chi connectivity index (χ2n) is 10.8. The fourth-order valence-electron chi connectivity index (χ4n) is 6.70. The predicted molar refractivity (Wildman–Crippen MR) is 121 cm³/mol. The summed E-state index contributed by atoms with van der Waals surface area (Å²) < 4.78 is 0. The van der Waals surface area contributed by atoms with Gasteiger partial charge >= 0.3 is 0 Å². The van der Waals surface area contributed by atoms with Crippen molar-refractivity contribution in [2.45, 2.75) is 104 Å². The number of allylic oxidation sites excluding steroid dienone is 3. The Hall–Kier alpha value is -0.820. The van der Waals surface area contributed by atoms with Crippen molar-refractivity contribution in [2.24, 2.45) is 29.1 Å². The van der Waals surface area contributed by atoms with Crippen molar-refractivity contribution in [3.8, 4) is 0 Å². The van der Waals surface area contributed by atoms with Gasteiger partial charge in [0.25, 0.3) is 0 Å². The molecule has 0 aromatic heterocycles. The van der Waals surface area contributed by atoms with Crippen LogP contribution >= 0.6 is 0 Å². The standard InChI is InChI=1S/C27H44O/c1-19(2)9-6-10-20(3)24-16-17-25-23(12-8-18-27(24,25)5)15-14-22-11-7-13-26(28)21(22)4/h14-15,19-20,24-26,28H,4,6-13,16-18H2,1-3,5H3/b22-14+,23-15+/t20-,24-,25+,26+,27-/m1/s1. The lowest BCUT2D eigenvalue weighted by molar-refractivity contribution is 0.0929. The first-order chi connectivity index (χ1) is 13.3. The molecule has 3 fully saturated rings. The fraction of sp³-hybridized carbons (Fsp3) is 0.778. The monoisotopic (exact) mass is 384 g/mol. The highest BCUT2D eigenvalue weighted by Gasteiger charge is 2.50. The maximum atomic E-state index is 10.1. The van der Waals surface area contributed by atoms with Gasteiger partial charge < -0.3 is 5.11 Å². The first-order valence-electron chi connectivity index (χ1n) is 12.1. The Balaban J connectivity index is 1.70. The van der Waals surface area contributed by atoms with Gasteiger partial charge in [0.15, 0.2) is 0 Å². The molecular formula is C27H44O. The molecule has 0 radical (unpaired) electrons. The summed E-state index contributed by atoms with van der Waals surface area (Å²) in [6.45, 7) is 14.0. The van der Waals surface area contributed by atoms with Crippen LogP contribution in [0.5, 0.6) is 0 Å². The van der Waals surface area contributed by atoms with Crippen molar-refractivity contribution in [3.63, 3.8) is 0 Å². The van der Waals surface area contributed by atoms with Gasteiger partial charge in [-0.2, -0.15) is 0 Å². The van der Waals surface area contributed by atoms with Gasteiger partial charge in [0, 0.05) is 0 Å². The third-order valence-corrected chi connectivity index (χ3v) is 8.40. The number of rotatable bonds is 6. The Bertz CT molecular complexity index is 610. The zero-order chi connectivity index (χ0) is 20.3. The maximum Gasteiger partial charge on any atom is 0.0787 e. The first-order valence-corrected chi connectivity index (χ1v) is 12.1. The number of aliphatic hydroxyl groups is 1. The summed E-state index contributed by atoms with van der Waals surface area (Å²) in [4.78, 5) is 0. The third kappa shape index (κ3) is 4.66. The van der Waals surface area contributed by atoms with E-state index in [9.17, 15) is 5.11 Å². The molecule has 5 atom stereocenters. The van der Waals surface area contributed by atoms with Crippen LogP contribution in [0.15, 0.2) is 35.5 Å². The van der Waals surface area contributed by atoms with Crippen molar-refractivity contribution in [1.82, 2.24) is 0 Å². The molecule has 1 N–H and O–H groups in total. The minimum absolute atomic E-state index is 0.322. The minimum atomic E-state index is -0.322. The molecule has 28 heavy (non-hydrogen) atoms. The molecule has 158 valence electrons. The fourth-order valence-corrected chi connectivity index (χ4v) is 6.70. The molecule has 1 heteroatoms. The van der Waals surface area contributed by atoms with Crippen molar-refractivity contribution in [3.05, 3.63) is 35.5 Å². The highest BCUT2D eigenvalue weighted by atomic mass is 16.3. The Morgan fingerprint density at radius 2 is 1.86 bits per heavy atom. The second-order valence-corrected chi connectivity index (χ2v) is 10.8. The van der Waals surface area contributed by atoms with E-state index in [1.807, 2.05) is 0 Å². The smallest absolute Gasteiger partial charge is 0.0787 e. The van der Waals surface area contributed by atoms with Crippen LogP contribution in [0, 0.1) is 29.1 Å². The van der Waals surface area contributed by atoms with Crippen molar-refractivity contribution in [1.29, 1.82) is 0 Å². The Labute approximate surface area is 174 Å². The van der Waals surface area contributed by atoms with Gasteiger partial charge in [0.2, 0.25) is 0 Å². The SMILES string of the molecule is C=C1/C(=C/C=C2\CCC[C@]3(C)[C@@H]([C@H](C)CCCC(C)C)CC[C@@H]23)CCC[C@@H]1O. The third-order valence-electron chi connectivity index (χ3n) is 8.40. The first kappa shape index (κ1) is 21.9. The molecule has 0 spiro atoms. The maximum absolute atomic E-state index is 10.1. The molecule has 0 aliphatic heterocycles. The van der Waals surface area contributed by atoms with Crippen molar-refractivity contribution < 1.29 is 5.11 Å². The van der Waals surface area contributed by atoms with Crippen LogP contribution in [0.3, 0.4) is 0 Å². The molecule has 3 saturated carbocycles. The van der Waals surface area contributed by atoms with Crippen LogP contribution in [0.1, 0.15) is 98.3 Å². The van der Waals surface area contributed by atoms with E-state index in [2.05, 4.69) is 46.4 Å². The lowest BCUT2D eigenvalue weighted by Crippen LogP contribution is -2.36. The van der Waals surface area contributed by atoms with Crippen LogP contribution in [0.4, 0.5) is 0 Å². The lowest BCUT2D eigenvalue weighted by atomic mass is 9.60. The predicted octanol–water partition coefficient (Wildman–Crippen LogP) is 7.62. The Morgan fingerprint density at radius 1 is 1.07 bits per heavy atom. The quantitative estimate of drug-likeness (QED) is 0.499. The summed E-state index contributed by atoms with van der Waals surface area (Å²) in [5.41, 5.74) is 4.44. The number of hydrogen-bond donors (Lipinski definition) is 1. The summed E-state index contributed by atoms with van der Waals surface area (Å²) in [6, 6.07) is 0. The summed E-state index contributed by atoms with van der Waals surface area (Å²) in [6.07, 6.45) is 18.5. The normalized spacial score (nSPS) is 37.6. The van der Waals surface area contributed by atoms with Gasteiger partial charge in [-0.1, -0.05) is 71.3 Å². The molecular weight excluding hydrogens is 340 g/mol. The van der Waals surface area contributed by atoms with E-state index in [-0.39, 0.29) is 6.10 Å². The van der Waals surface area contributed by atoms with Gasteiger partial charge in [-0.05, 0) is 91.6 Å². The number of fused-ring (bicyclic) bond motifs is 1. The van der Waals surface area contributed by atoms with E-state index in [4.69, 9.17) is 0 Å². The largest absolute Gasteiger partial charge is 0.388 e. The Kier molecular flexibility index (Phi) is 7.29. The summed E-state index contributed by atoms with van der Waals surface area (Å²) >= 11 is 0. The molecule has 0 aromatic carbocycles. The molecule has 3 aliphatic carbocycles. The molecule has 3 rings (SSSR count). The van der Waals surface area contributed by atoms with E-state index < -0.39 is 0 Å². The second kappa shape index (κ2) is 9.33. The zero-order valence-corrected chi connectivity index (χ0v) is 19.0. The minimum Gasteiger partial charge on any atom is -0.388 e. The summed E-state index contributed by atoms with van der Waals surface area (Å²) in [5, 5.41) is 10.1. The molecule has 0 bridgehead atoms. The highest BCUT2D eigenvalue weighted by Crippen LogP contribution is 2.59.